The van der Waals surface area contributed by atoms with Crippen molar-refractivity contribution in [1.29, 1.82) is 0 Å². The number of rotatable bonds is 3. The topological polar surface area (TPSA) is 66.8 Å². The summed E-state index contributed by atoms with van der Waals surface area (Å²) in [4.78, 5) is 12.4. The van der Waals surface area contributed by atoms with Crippen LogP contribution in [0.15, 0.2) is 41.7 Å². The van der Waals surface area contributed by atoms with Crippen LogP contribution in [0.4, 0.5) is 0 Å². The SMILES string of the molecule is C[C@]1(O)COC2=C(C[C@H]1O)C(=O)CC(CCc1ccccc1)C2. The number of hydrogen-bond donors (Lipinski definition) is 2. The molecule has 0 saturated heterocycles. The number of aliphatic hydroxyl groups excluding tert-OH is 1. The van der Waals surface area contributed by atoms with Crippen LogP contribution in [-0.4, -0.2) is 34.3 Å². The summed E-state index contributed by atoms with van der Waals surface area (Å²) in [6.45, 7) is 1.58. The maximum absolute atomic E-state index is 12.4. The summed E-state index contributed by atoms with van der Waals surface area (Å²) in [7, 11) is 0. The summed E-state index contributed by atoms with van der Waals surface area (Å²) in [6, 6.07) is 10.3. The van der Waals surface area contributed by atoms with Gasteiger partial charge in [-0.15, -0.1) is 0 Å². The van der Waals surface area contributed by atoms with E-state index in [0.717, 1.165) is 19.3 Å². The van der Waals surface area contributed by atoms with Gasteiger partial charge in [-0.2, -0.15) is 0 Å². The predicted molar refractivity (Wildman–Crippen MR) is 86.7 cm³/mol. The quantitative estimate of drug-likeness (QED) is 0.898. The maximum Gasteiger partial charge on any atom is 0.162 e. The number of ketones is 1. The van der Waals surface area contributed by atoms with Crippen LogP contribution < -0.4 is 0 Å². The van der Waals surface area contributed by atoms with E-state index < -0.39 is 11.7 Å². The van der Waals surface area contributed by atoms with E-state index in [0.29, 0.717) is 17.8 Å². The smallest absolute Gasteiger partial charge is 0.162 e. The van der Waals surface area contributed by atoms with Gasteiger partial charge < -0.3 is 14.9 Å². The number of allylic oxidation sites excluding steroid dienone is 1. The van der Waals surface area contributed by atoms with Crippen molar-refractivity contribution in [2.75, 3.05) is 6.61 Å². The monoisotopic (exact) mass is 316 g/mol. The van der Waals surface area contributed by atoms with Crippen LogP contribution in [-0.2, 0) is 16.0 Å². The van der Waals surface area contributed by atoms with Crippen molar-refractivity contribution in [3.63, 3.8) is 0 Å². The van der Waals surface area contributed by atoms with Gasteiger partial charge in [0.25, 0.3) is 0 Å². The molecule has 0 saturated carbocycles. The zero-order valence-electron chi connectivity index (χ0n) is 13.5. The summed E-state index contributed by atoms with van der Waals surface area (Å²) in [6.07, 6.45) is 2.34. The number of Topliss-reactive ketones (excluding diaryl/α,β-unsaturated/α-hetero) is 1. The van der Waals surface area contributed by atoms with E-state index in [1.807, 2.05) is 18.2 Å². The fourth-order valence-electron chi connectivity index (χ4n) is 3.33. The zero-order chi connectivity index (χ0) is 16.4. The van der Waals surface area contributed by atoms with Gasteiger partial charge in [0.1, 0.15) is 18.0 Å². The lowest BCUT2D eigenvalue weighted by Crippen LogP contribution is -2.42. The van der Waals surface area contributed by atoms with E-state index in [1.165, 1.54) is 5.56 Å². The van der Waals surface area contributed by atoms with E-state index in [-0.39, 0.29) is 24.7 Å². The van der Waals surface area contributed by atoms with Crippen molar-refractivity contribution in [1.82, 2.24) is 0 Å². The first kappa shape index (κ1) is 16.2. The van der Waals surface area contributed by atoms with Crippen LogP contribution in [0.3, 0.4) is 0 Å². The molecule has 4 nitrogen and oxygen atoms in total. The second-order valence-corrected chi connectivity index (χ2v) is 6.99. The molecule has 124 valence electrons. The van der Waals surface area contributed by atoms with E-state index in [9.17, 15) is 15.0 Å². The zero-order valence-corrected chi connectivity index (χ0v) is 13.5. The number of carbonyl (C=O) groups is 1. The van der Waals surface area contributed by atoms with Crippen molar-refractivity contribution in [3.05, 3.63) is 47.2 Å². The molecule has 1 aliphatic carbocycles. The van der Waals surface area contributed by atoms with Gasteiger partial charge in [0.15, 0.2) is 5.78 Å². The highest BCUT2D eigenvalue weighted by Crippen LogP contribution is 2.36. The molecule has 0 aromatic heterocycles. The molecule has 3 atom stereocenters. The average Bonchev–Trinajstić information content (AvgIpc) is 2.65. The van der Waals surface area contributed by atoms with Gasteiger partial charge in [-0.05, 0) is 31.2 Å². The Morgan fingerprint density at radius 3 is 2.70 bits per heavy atom. The van der Waals surface area contributed by atoms with Crippen molar-refractivity contribution in [2.24, 2.45) is 5.92 Å². The first-order chi connectivity index (χ1) is 11.0. The molecule has 2 aliphatic rings. The standard InChI is InChI=1S/C19H24O4/c1-19(22)12-23-17-10-14(8-7-13-5-3-2-4-6-13)9-16(20)15(17)11-18(19)21/h2-6,14,18,21-22H,7-12H2,1H3/t14?,18-,19+/m1/s1. The lowest BCUT2D eigenvalue weighted by atomic mass is 9.81. The number of benzene rings is 1. The number of carbonyl (C=O) groups excluding carboxylic acids is 1. The van der Waals surface area contributed by atoms with Crippen molar-refractivity contribution < 1.29 is 19.7 Å². The molecular formula is C19H24O4. The lowest BCUT2D eigenvalue weighted by molar-refractivity contribution is -0.117. The molecule has 23 heavy (non-hydrogen) atoms. The highest BCUT2D eigenvalue weighted by Gasteiger charge is 2.39. The molecule has 1 heterocycles. The summed E-state index contributed by atoms with van der Waals surface area (Å²) in [5.41, 5.74) is 0.544. The number of aryl methyl sites for hydroxylation is 1. The first-order valence-electron chi connectivity index (χ1n) is 8.28. The largest absolute Gasteiger partial charge is 0.494 e. The van der Waals surface area contributed by atoms with E-state index in [2.05, 4.69) is 12.1 Å². The molecule has 0 fully saturated rings. The third kappa shape index (κ3) is 3.65. The normalized spacial score (nSPS) is 31.3. The van der Waals surface area contributed by atoms with Crippen molar-refractivity contribution in [3.8, 4) is 0 Å². The highest BCUT2D eigenvalue weighted by molar-refractivity contribution is 5.97. The average molecular weight is 316 g/mol. The maximum atomic E-state index is 12.4. The van der Waals surface area contributed by atoms with Crippen LogP contribution in [0.2, 0.25) is 0 Å². The Balaban J connectivity index is 1.67. The minimum atomic E-state index is -1.31. The summed E-state index contributed by atoms with van der Waals surface area (Å²) >= 11 is 0. The number of ether oxygens (including phenoxy) is 1. The van der Waals surface area contributed by atoms with E-state index in [4.69, 9.17) is 4.74 Å². The van der Waals surface area contributed by atoms with Crippen LogP contribution in [0, 0.1) is 5.92 Å². The summed E-state index contributed by atoms with van der Waals surface area (Å²) < 4.78 is 5.69. The van der Waals surface area contributed by atoms with E-state index in [1.54, 1.807) is 6.92 Å². The third-order valence-electron chi connectivity index (χ3n) is 4.96. The molecule has 1 aromatic rings. The van der Waals surface area contributed by atoms with Gasteiger partial charge in [-0.25, -0.2) is 0 Å². The fraction of sp³-hybridized carbons (Fsp3) is 0.526. The van der Waals surface area contributed by atoms with E-state index >= 15 is 0 Å². The molecule has 1 unspecified atom stereocenters. The van der Waals surface area contributed by atoms with Gasteiger partial charge in [0.2, 0.25) is 0 Å². The Morgan fingerprint density at radius 2 is 1.96 bits per heavy atom. The Kier molecular flexibility index (Phi) is 4.55. The Hall–Kier alpha value is -1.65. The number of hydrogen-bond acceptors (Lipinski definition) is 4. The second kappa shape index (κ2) is 6.46. The molecule has 4 heteroatoms. The minimum Gasteiger partial charge on any atom is -0.494 e. The molecule has 2 N–H and O–H groups in total. The Morgan fingerprint density at radius 1 is 1.22 bits per heavy atom. The molecule has 3 rings (SSSR count). The van der Waals surface area contributed by atoms with Gasteiger partial charge in [0.05, 0.1) is 6.10 Å². The highest BCUT2D eigenvalue weighted by atomic mass is 16.5. The molecule has 0 radical (unpaired) electrons. The Bertz CT molecular complexity index is 603. The second-order valence-electron chi connectivity index (χ2n) is 6.99. The fourth-order valence-corrected chi connectivity index (χ4v) is 3.33. The molecular weight excluding hydrogens is 292 g/mol. The third-order valence-corrected chi connectivity index (χ3v) is 4.96. The summed E-state index contributed by atoms with van der Waals surface area (Å²) in [5.74, 6) is 0.999. The van der Waals surface area contributed by atoms with Crippen LogP contribution in [0.1, 0.15) is 38.2 Å². The van der Waals surface area contributed by atoms with Crippen LogP contribution in [0.25, 0.3) is 0 Å². The molecule has 0 spiro atoms. The van der Waals surface area contributed by atoms with Crippen molar-refractivity contribution >= 4 is 5.78 Å². The molecule has 1 aliphatic heterocycles. The Labute approximate surface area is 136 Å². The first-order valence-corrected chi connectivity index (χ1v) is 8.28. The molecule has 1 aromatic carbocycles. The number of aliphatic hydroxyl groups is 2. The van der Waals surface area contributed by atoms with Gasteiger partial charge >= 0.3 is 0 Å². The molecule has 0 bridgehead atoms. The van der Waals surface area contributed by atoms with Gasteiger partial charge in [0, 0.05) is 24.8 Å². The van der Waals surface area contributed by atoms with Gasteiger partial charge in [-0.1, -0.05) is 30.3 Å². The lowest BCUT2D eigenvalue weighted by Gasteiger charge is -2.26. The van der Waals surface area contributed by atoms with Gasteiger partial charge in [-0.3, -0.25) is 4.79 Å². The molecule has 0 amide bonds. The van der Waals surface area contributed by atoms with Crippen LogP contribution in [0.5, 0.6) is 0 Å². The van der Waals surface area contributed by atoms with Crippen LogP contribution >= 0.6 is 0 Å². The minimum absolute atomic E-state index is 0.0334. The predicted octanol–water partition coefficient (Wildman–Crippen LogP) is 2.38. The van der Waals surface area contributed by atoms with Crippen molar-refractivity contribution in [2.45, 2.75) is 50.7 Å². The summed E-state index contributed by atoms with van der Waals surface area (Å²) in [5, 5.41) is 20.2.